The van der Waals surface area contributed by atoms with E-state index in [-0.39, 0.29) is 5.91 Å². The Bertz CT molecular complexity index is 941. The van der Waals surface area contributed by atoms with Crippen molar-refractivity contribution in [2.45, 2.75) is 26.2 Å². The third kappa shape index (κ3) is 5.77. The molecule has 158 valence electrons. The van der Waals surface area contributed by atoms with E-state index in [0.29, 0.717) is 39.9 Å². The molecule has 7 heteroatoms. The van der Waals surface area contributed by atoms with Gasteiger partial charge in [-0.25, -0.2) is 0 Å². The molecule has 2 aromatic carbocycles. The average Bonchev–Trinajstić information content (AvgIpc) is 3.08. The minimum absolute atomic E-state index is 0.182. The van der Waals surface area contributed by atoms with Gasteiger partial charge in [-0.05, 0) is 53.8 Å². The zero-order valence-electron chi connectivity index (χ0n) is 17.3. The normalized spacial score (nSPS) is 15.8. The van der Waals surface area contributed by atoms with E-state index < -0.39 is 0 Å². The Hall–Kier alpha value is -2.51. The highest BCUT2D eigenvalue weighted by atomic mass is 32.2. The van der Waals surface area contributed by atoms with Crippen molar-refractivity contribution in [1.82, 2.24) is 5.32 Å². The minimum atomic E-state index is -0.182. The number of ether oxygens (including phenoxy) is 3. The summed E-state index contributed by atoms with van der Waals surface area (Å²) in [6, 6.07) is 13.7. The van der Waals surface area contributed by atoms with Gasteiger partial charge in [0.15, 0.2) is 11.5 Å². The molecule has 0 radical (unpaired) electrons. The van der Waals surface area contributed by atoms with E-state index in [1.54, 1.807) is 13.2 Å². The zero-order valence-corrected chi connectivity index (χ0v) is 18.9. The van der Waals surface area contributed by atoms with Crippen molar-refractivity contribution in [3.8, 4) is 17.2 Å². The largest absolute Gasteiger partial charge is 0.493 e. The number of rotatable bonds is 9. The van der Waals surface area contributed by atoms with E-state index in [0.717, 1.165) is 17.7 Å². The second kappa shape index (κ2) is 10.5. The van der Waals surface area contributed by atoms with Crippen LogP contribution in [0.2, 0.25) is 0 Å². The molecular formula is C23H25NO4S2. The molecule has 5 nitrogen and oxygen atoms in total. The lowest BCUT2D eigenvalue weighted by Crippen LogP contribution is -2.17. The van der Waals surface area contributed by atoms with E-state index in [1.165, 1.54) is 17.3 Å². The van der Waals surface area contributed by atoms with Crippen molar-refractivity contribution >= 4 is 40.3 Å². The average molecular weight is 444 g/mol. The third-order valence-corrected chi connectivity index (χ3v) is 5.96. The molecule has 1 amide bonds. The molecule has 1 heterocycles. The van der Waals surface area contributed by atoms with Gasteiger partial charge in [-0.2, -0.15) is 0 Å². The van der Waals surface area contributed by atoms with Gasteiger partial charge in [-0.1, -0.05) is 56.0 Å². The van der Waals surface area contributed by atoms with Crippen LogP contribution in [0, 0.1) is 0 Å². The number of thioether (sulfide) groups is 1. The first kappa shape index (κ1) is 22.2. The van der Waals surface area contributed by atoms with E-state index in [2.05, 4.69) is 31.3 Å². The number of nitrogens with one attached hydrogen (secondary N) is 1. The molecule has 0 aliphatic carbocycles. The number of thiocarbonyl (C=S) groups is 1. The molecule has 1 atom stereocenters. The smallest absolute Gasteiger partial charge is 0.263 e. The van der Waals surface area contributed by atoms with Gasteiger partial charge in [0.1, 0.15) is 23.3 Å². The topological polar surface area (TPSA) is 56.8 Å². The fraction of sp³-hybridized carbons (Fsp3) is 0.304. The van der Waals surface area contributed by atoms with Gasteiger partial charge in [0.05, 0.1) is 12.0 Å². The second-order valence-electron chi connectivity index (χ2n) is 6.84. The van der Waals surface area contributed by atoms with Gasteiger partial charge in [0, 0.05) is 0 Å². The van der Waals surface area contributed by atoms with Crippen LogP contribution in [0.15, 0.2) is 47.4 Å². The molecule has 0 bridgehead atoms. The van der Waals surface area contributed by atoms with Crippen molar-refractivity contribution in [2.75, 3.05) is 20.3 Å². The number of methoxy groups -OCH3 is 1. The van der Waals surface area contributed by atoms with Crippen LogP contribution < -0.4 is 19.5 Å². The first-order valence-corrected chi connectivity index (χ1v) is 11.0. The standard InChI is InChI=1S/C23H25NO4S2/c1-4-15(2)17-6-8-18(9-7-17)27-11-12-28-19-10-5-16(13-20(19)26-3)14-21-22(25)24-23(29)30-21/h5-10,13-15H,4,11-12H2,1-3H3,(H,24,25,29). The van der Waals surface area contributed by atoms with Gasteiger partial charge in [0.25, 0.3) is 5.91 Å². The highest BCUT2D eigenvalue weighted by Gasteiger charge is 2.22. The molecular weight excluding hydrogens is 418 g/mol. The van der Waals surface area contributed by atoms with Crippen LogP contribution in [0.5, 0.6) is 17.2 Å². The summed E-state index contributed by atoms with van der Waals surface area (Å²) in [5.74, 6) is 2.40. The second-order valence-corrected chi connectivity index (χ2v) is 8.56. The molecule has 1 aliphatic rings. The number of hydrogen-bond donors (Lipinski definition) is 1. The SMILES string of the molecule is CCC(C)c1ccc(OCCOc2ccc(C=C3SC(=S)NC3=O)cc2OC)cc1. The number of hydrogen-bond acceptors (Lipinski definition) is 6. The maximum Gasteiger partial charge on any atom is 0.263 e. The Labute approximate surface area is 186 Å². The lowest BCUT2D eigenvalue weighted by Gasteiger charge is -2.13. The van der Waals surface area contributed by atoms with E-state index in [4.69, 9.17) is 26.4 Å². The molecule has 30 heavy (non-hydrogen) atoms. The summed E-state index contributed by atoms with van der Waals surface area (Å²) in [5.41, 5.74) is 2.15. The van der Waals surface area contributed by atoms with E-state index in [1.807, 2.05) is 30.3 Å². The summed E-state index contributed by atoms with van der Waals surface area (Å²) in [5, 5.41) is 2.60. The van der Waals surface area contributed by atoms with Crippen LogP contribution in [0.1, 0.15) is 37.3 Å². The molecule has 1 saturated heterocycles. The van der Waals surface area contributed by atoms with Crippen LogP contribution >= 0.6 is 24.0 Å². The van der Waals surface area contributed by atoms with Crippen molar-refractivity contribution < 1.29 is 19.0 Å². The van der Waals surface area contributed by atoms with Crippen LogP contribution in [-0.2, 0) is 4.79 Å². The first-order valence-electron chi connectivity index (χ1n) is 9.78. The van der Waals surface area contributed by atoms with E-state index in [9.17, 15) is 4.79 Å². The lowest BCUT2D eigenvalue weighted by molar-refractivity contribution is -0.115. The quantitative estimate of drug-likeness (QED) is 0.328. The summed E-state index contributed by atoms with van der Waals surface area (Å²) in [6.07, 6.45) is 2.89. The maximum absolute atomic E-state index is 11.8. The zero-order chi connectivity index (χ0) is 21.5. The number of amides is 1. The lowest BCUT2D eigenvalue weighted by atomic mass is 9.99. The molecule has 1 N–H and O–H groups in total. The van der Waals surface area contributed by atoms with E-state index >= 15 is 0 Å². The predicted molar refractivity (Wildman–Crippen MR) is 125 cm³/mol. The molecule has 1 aliphatic heterocycles. The Kier molecular flexibility index (Phi) is 7.76. The highest BCUT2D eigenvalue weighted by molar-refractivity contribution is 8.26. The van der Waals surface area contributed by atoms with Gasteiger partial charge in [-0.3, -0.25) is 4.79 Å². The van der Waals surface area contributed by atoms with Crippen LogP contribution in [0.4, 0.5) is 0 Å². The molecule has 1 fully saturated rings. The van der Waals surface area contributed by atoms with Crippen molar-refractivity contribution in [3.05, 3.63) is 58.5 Å². The van der Waals surface area contributed by atoms with Crippen LogP contribution in [0.25, 0.3) is 6.08 Å². The number of carbonyl (C=O) groups excluding carboxylic acids is 1. The van der Waals surface area contributed by atoms with Gasteiger partial charge >= 0.3 is 0 Å². The fourth-order valence-corrected chi connectivity index (χ4v) is 3.95. The highest BCUT2D eigenvalue weighted by Crippen LogP contribution is 2.31. The van der Waals surface area contributed by atoms with Crippen LogP contribution in [-0.4, -0.2) is 30.6 Å². The van der Waals surface area contributed by atoms with Gasteiger partial charge in [-0.15, -0.1) is 0 Å². The molecule has 0 aromatic heterocycles. The monoisotopic (exact) mass is 443 g/mol. The Morgan fingerprint density at radius 3 is 2.47 bits per heavy atom. The summed E-state index contributed by atoms with van der Waals surface area (Å²) < 4.78 is 17.5. The summed E-state index contributed by atoms with van der Waals surface area (Å²) in [7, 11) is 1.58. The molecule has 1 unspecified atom stereocenters. The fourth-order valence-electron chi connectivity index (χ4n) is 2.91. The summed E-state index contributed by atoms with van der Waals surface area (Å²) >= 11 is 6.26. The maximum atomic E-state index is 11.8. The molecule has 2 aromatic rings. The molecule has 3 rings (SSSR count). The predicted octanol–water partition coefficient (Wildman–Crippen LogP) is 5.16. The summed E-state index contributed by atoms with van der Waals surface area (Å²) in [4.78, 5) is 12.4. The molecule has 0 saturated carbocycles. The summed E-state index contributed by atoms with van der Waals surface area (Å²) in [6.45, 7) is 5.21. The Balaban J connectivity index is 1.54. The van der Waals surface area contributed by atoms with Crippen LogP contribution in [0.3, 0.4) is 0 Å². The van der Waals surface area contributed by atoms with Crippen molar-refractivity contribution in [3.63, 3.8) is 0 Å². The number of carbonyl (C=O) groups is 1. The third-order valence-electron chi connectivity index (χ3n) is 4.80. The Morgan fingerprint density at radius 2 is 1.83 bits per heavy atom. The minimum Gasteiger partial charge on any atom is -0.493 e. The van der Waals surface area contributed by atoms with Gasteiger partial charge < -0.3 is 19.5 Å². The van der Waals surface area contributed by atoms with Crippen molar-refractivity contribution in [2.24, 2.45) is 0 Å². The Morgan fingerprint density at radius 1 is 1.10 bits per heavy atom. The van der Waals surface area contributed by atoms with Gasteiger partial charge in [0.2, 0.25) is 0 Å². The number of benzene rings is 2. The first-order chi connectivity index (χ1) is 14.5. The molecule has 0 spiro atoms. The van der Waals surface area contributed by atoms with Crippen molar-refractivity contribution in [1.29, 1.82) is 0 Å².